The Balaban J connectivity index is 3.09. The van der Waals surface area contributed by atoms with Crippen molar-refractivity contribution in [2.75, 3.05) is 13.7 Å². The number of alkyl halides is 3. The maximum atomic E-state index is 12.8. The van der Waals surface area contributed by atoms with E-state index < -0.39 is 17.6 Å². The molecule has 0 fully saturated rings. The van der Waals surface area contributed by atoms with Gasteiger partial charge in [0, 0.05) is 12.7 Å². The summed E-state index contributed by atoms with van der Waals surface area (Å²) in [5.41, 5.74) is 3.79. The first kappa shape index (κ1) is 15.3. The van der Waals surface area contributed by atoms with Crippen molar-refractivity contribution in [3.63, 3.8) is 0 Å². The second-order valence-corrected chi connectivity index (χ2v) is 4.00. The third-order valence-electron chi connectivity index (χ3n) is 2.33. The summed E-state index contributed by atoms with van der Waals surface area (Å²) < 4.78 is 48.6. The second-order valence-electron chi connectivity index (χ2n) is 4.00. The van der Waals surface area contributed by atoms with Crippen molar-refractivity contribution in [1.29, 1.82) is 5.41 Å². The lowest BCUT2D eigenvalue weighted by Gasteiger charge is -2.17. The van der Waals surface area contributed by atoms with Gasteiger partial charge in [-0.2, -0.15) is 13.2 Å². The van der Waals surface area contributed by atoms with Crippen molar-refractivity contribution in [3.05, 3.63) is 29.3 Å². The molecule has 0 saturated heterocycles. The summed E-state index contributed by atoms with van der Waals surface area (Å²) >= 11 is 0. The van der Waals surface area contributed by atoms with Crippen LogP contribution < -0.4 is 10.5 Å². The summed E-state index contributed by atoms with van der Waals surface area (Å²) in [5.74, 6) is -0.578. The minimum atomic E-state index is -4.59. The smallest absolute Gasteiger partial charge is 0.417 e. The van der Waals surface area contributed by atoms with Crippen molar-refractivity contribution in [1.82, 2.24) is 0 Å². The topological polar surface area (TPSA) is 68.3 Å². The minimum Gasteiger partial charge on any atom is -0.488 e. The number of hydrogen-bond donors (Lipinski definition) is 2. The van der Waals surface area contributed by atoms with Gasteiger partial charge in [-0.3, -0.25) is 5.41 Å². The van der Waals surface area contributed by atoms with Crippen molar-refractivity contribution in [2.24, 2.45) is 5.73 Å². The van der Waals surface area contributed by atoms with E-state index in [1.54, 1.807) is 6.92 Å². The van der Waals surface area contributed by atoms with Crippen LogP contribution in [0, 0.1) is 5.41 Å². The predicted molar refractivity (Wildman–Crippen MR) is 64.4 cm³/mol. The highest BCUT2D eigenvalue weighted by atomic mass is 19.4. The highest BCUT2D eigenvalue weighted by Gasteiger charge is 2.34. The number of nitrogens with one attached hydrogen (secondary N) is 1. The fraction of sp³-hybridized carbons (Fsp3) is 0.417. The number of nitrogen functional groups attached to an aromatic ring is 1. The Morgan fingerprint density at radius 1 is 1.42 bits per heavy atom. The van der Waals surface area contributed by atoms with Crippen LogP contribution in [0.3, 0.4) is 0 Å². The fourth-order valence-corrected chi connectivity index (χ4v) is 1.57. The molecule has 1 aromatic carbocycles. The van der Waals surface area contributed by atoms with Crippen LogP contribution in [0.25, 0.3) is 0 Å². The van der Waals surface area contributed by atoms with Crippen LogP contribution in [0.15, 0.2) is 18.2 Å². The van der Waals surface area contributed by atoms with Gasteiger partial charge in [0.05, 0.1) is 12.2 Å². The third-order valence-corrected chi connectivity index (χ3v) is 2.33. The Kier molecular flexibility index (Phi) is 4.77. The molecular weight excluding hydrogens is 261 g/mol. The molecule has 0 amide bonds. The zero-order valence-corrected chi connectivity index (χ0v) is 10.5. The number of nitrogens with two attached hydrogens (primary N) is 1. The fourth-order valence-electron chi connectivity index (χ4n) is 1.57. The van der Waals surface area contributed by atoms with E-state index >= 15 is 0 Å². The molecule has 4 nitrogen and oxygen atoms in total. The first-order valence-corrected chi connectivity index (χ1v) is 5.47. The molecule has 19 heavy (non-hydrogen) atoms. The van der Waals surface area contributed by atoms with Crippen LogP contribution in [0.4, 0.5) is 13.2 Å². The van der Waals surface area contributed by atoms with Gasteiger partial charge in [-0.05, 0) is 25.1 Å². The van der Waals surface area contributed by atoms with Crippen LogP contribution in [-0.2, 0) is 10.9 Å². The first-order valence-electron chi connectivity index (χ1n) is 5.47. The largest absolute Gasteiger partial charge is 0.488 e. The normalized spacial score (nSPS) is 13.1. The molecule has 0 aliphatic rings. The van der Waals surface area contributed by atoms with Gasteiger partial charge in [0.1, 0.15) is 17.7 Å². The van der Waals surface area contributed by atoms with E-state index in [2.05, 4.69) is 0 Å². The molecule has 7 heteroatoms. The molecule has 0 aliphatic carbocycles. The minimum absolute atomic E-state index is 0.0573. The molecule has 106 valence electrons. The molecule has 0 aliphatic heterocycles. The van der Waals surface area contributed by atoms with Gasteiger partial charge in [0.25, 0.3) is 0 Å². The van der Waals surface area contributed by atoms with E-state index in [-0.39, 0.29) is 24.0 Å². The molecular formula is C12H15F3N2O2. The molecule has 0 aromatic heterocycles. The Bertz CT molecular complexity index is 461. The summed E-state index contributed by atoms with van der Waals surface area (Å²) in [6.07, 6.45) is -4.97. The number of ether oxygens (including phenoxy) is 2. The summed E-state index contributed by atoms with van der Waals surface area (Å²) in [6.45, 7) is 1.94. The standard InChI is InChI=1S/C12H15F3N2O2/c1-7(6-18-2)19-8-3-4-9(11(16)17)10(5-8)12(13,14)15/h3-5,7H,6H2,1-2H3,(H3,16,17). The Morgan fingerprint density at radius 3 is 2.53 bits per heavy atom. The lowest BCUT2D eigenvalue weighted by molar-refractivity contribution is -0.137. The molecule has 3 N–H and O–H groups in total. The molecule has 0 heterocycles. The maximum absolute atomic E-state index is 12.8. The molecule has 1 aromatic rings. The average molecular weight is 276 g/mol. The van der Waals surface area contributed by atoms with Gasteiger partial charge >= 0.3 is 6.18 Å². The zero-order valence-electron chi connectivity index (χ0n) is 10.5. The van der Waals surface area contributed by atoms with Crippen LogP contribution in [-0.4, -0.2) is 25.7 Å². The molecule has 1 atom stereocenters. The number of methoxy groups -OCH3 is 1. The Labute approximate surface area is 108 Å². The molecule has 0 bridgehead atoms. The maximum Gasteiger partial charge on any atom is 0.417 e. The summed E-state index contributed by atoms with van der Waals surface area (Å²) in [4.78, 5) is 0. The van der Waals surface area contributed by atoms with Crippen LogP contribution >= 0.6 is 0 Å². The van der Waals surface area contributed by atoms with Gasteiger partial charge < -0.3 is 15.2 Å². The first-order chi connectivity index (χ1) is 8.75. The highest BCUT2D eigenvalue weighted by molar-refractivity contribution is 5.96. The van der Waals surface area contributed by atoms with Gasteiger partial charge in [0.2, 0.25) is 0 Å². The van der Waals surface area contributed by atoms with Gasteiger partial charge in [-0.15, -0.1) is 0 Å². The van der Waals surface area contributed by atoms with Crippen LogP contribution in [0.1, 0.15) is 18.1 Å². The second kappa shape index (κ2) is 5.92. The van der Waals surface area contributed by atoms with E-state index in [0.717, 1.165) is 12.1 Å². The SMILES string of the molecule is COCC(C)Oc1ccc(C(=N)N)c(C(F)(F)F)c1. The van der Waals surface area contributed by atoms with Gasteiger partial charge in [-0.1, -0.05) is 0 Å². The molecule has 0 radical (unpaired) electrons. The summed E-state index contributed by atoms with van der Waals surface area (Å²) in [6, 6.07) is 3.31. The van der Waals surface area contributed by atoms with E-state index in [0.29, 0.717) is 0 Å². The predicted octanol–water partition coefficient (Wildman–Crippen LogP) is 2.40. The van der Waals surface area contributed by atoms with Crippen molar-refractivity contribution < 1.29 is 22.6 Å². The highest BCUT2D eigenvalue weighted by Crippen LogP contribution is 2.34. The Morgan fingerprint density at radius 2 is 2.05 bits per heavy atom. The van der Waals surface area contributed by atoms with E-state index in [4.69, 9.17) is 20.6 Å². The number of benzene rings is 1. The summed E-state index contributed by atoms with van der Waals surface area (Å²) in [5, 5.41) is 7.15. The summed E-state index contributed by atoms with van der Waals surface area (Å²) in [7, 11) is 1.47. The molecule has 0 spiro atoms. The average Bonchev–Trinajstić information content (AvgIpc) is 2.27. The molecule has 1 rings (SSSR count). The lowest BCUT2D eigenvalue weighted by atomic mass is 10.1. The van der Waals surface area contributed by atoms with E-state index in [1.165, 1.54) is 13.2 Å². The zero-order chi connectivity index (χ0) is 14.6. The number of amidine groups is 1. The van der Waals surface area contributed by atoms with E-state index in [1.807, 2.05) is 0 Å². The van der Waals surface area contributed by atoms with E-state index in [9.17, 15) is 13.2 Å². The number of rotatable bonds is 5. The van der Waals surface area contributed by atoms with Crippen molar-refractivity contribution in [2.45, 2.75) is 19.2 Å². The molecule has 1 unspecified atom stereocenters. The molecule has 0 saturated carbocycles. The number of hydrogen-bond acceptors (Lipinski definition) is 3. The Hall–Kier alpha value is -1.76. The van der Waals surface area contributed by atoms with Gasteiger partial charge in [-0.25, -0.2) is 0 Å². The van der Waals surface area contributed by atoms with Crippen molar-refractivity contribution in [3.8, 4) is 5.75 Å². The third kappa shape index (κ3) is 4.13. The quantitative estimate of drug-likeness (QED) is 0.641. The van der Waals surface area contributed by atoms with Crippen LogP contribution in [0.5, 0.6) is 5.75 Å². The van der Waals surface area contributed by atoms with Crippen molar-refractivity contribution >= 4 is 5.84 Å². The lowest BCUT2D eigenvalue weighted by Crippen LogP contribution is -2.21. The van der Waals surface area contributed by atoms with Gasteiger partial charge in [0.15, 0.2) is 0 Å². The van der Waals surface area contributed by atoms with Crippen LogP contribution in [0.2, 0.25) is 0 Å². The monoisotopic (exact) mass is 276 g/mol. The number of halogens is 3.